The molecule has 78 valence electrons. The van der Waals surface area contributed by atoms with Crippen LogP contribution in [-0.4, -0.2) is 24.8 Å². The van der Waals surface area contributed by atoms with E-state index in [-0.39, 0.29) is 17.5 Å². The van der Waals surface area contributed by atoms with Crippen molar-refractivity contribution in [2.45, 2.75) is 40.2 Å². The maximum atomic E-state index is 11.2. The van der Waals surface area contributed by atoms with Crippen molar-refractivity contribution >= 4 is 5.97 Å². The summed E-state index contributed by atoms with van der Waals surface area (Å²) < 4.78 is 10.3. The number of hydrogen-bond donors (Lipinski definition) is 0. The van der Waals surface area contributed by atoms with Gasteiger partial charge in [0.15, 0.2) is 0 Å². The Kier molecular flexibility index (Phi) is 4.99. The number of rotatable bonds is 4. The smallest absolute Gasteiger partial charge is 0.310 e. The van der Waals surface area contributed by atoms with Crippen LogP contribution >= 0.6 is 0 Å². The van der Waals surface area contributed by atoms with Gasteiger partial charge in [-0.3, -0.25) is 4.79 Å². The Labute approximate surface area is 80.4 Å². The lowest BCUT2D eigenvalue weighted by Gasteiger charge is -2.21. The van der Waals surface area contributed by atoms with E-state index < -0.39 is 0 Å². The molecule has 0 amide bonds. The molecule has 0 fully saturated rings. The van der Waals surface area contributed by atoms with Gasteiger partial charge >= 0.3 is 5.97 Å². The van der Waals surface area contributed by atoms with E-state index in [1.54, 1.807) is 6.92 Å². The zero-order valence-corrected chi connectivity index (χ0v) is 9.22. The molecule has 0 N–H and O–H groups in total. The molecule has 3 heteroatoms. The molecule has 0 aromatic heterocycles. The summed E-state index contributed by atoms with van der Waals surface area (Å²) in [5, 5.41) is 0. The first kappa shape index (κ1) is 12.4. The van der Waals surface area contributed by atoms with Gasteiger partial charge in [-0.2, -0.15) is 0 Å². The molecule has 0 heterocycles. The molecule has 0 aromatic carbocycles. The van der Waals surface area contributed by atoms with Gasteiger partial charge in [0.2, 0.25) is 0 Å². The van der Waals surface area contributed by atoms with E-state index in [0.717, 1.165) is 0 Å². The first-order chi connectivity index (χ1) is 5.87. The molecule has 0 aliphatic rings. The summed E-state index contributed by atoms with van der Waals surface area (Å²) in [6.07, 6.45) is 0. The largest absolute Gasteiger partial charge is 0.466 e. The Morgan fingerprint density at radius 3 is 2.31 bits per heavy atom. The highest BCUT2D eigenvalue weighted by Crippen LogP contribution is 2.10. The maximum Gasteiger partial charge on any atom is 0.310 e. The Morgan fingerprint density at radius 1 is 1.38 bits per heavy atom. The fraction of sp³-hybridized carbons (Fsp3) is 0.900. The van der Waals surface area contributed by atoms with Gasteiger partial charge in [0.25, 0.3) is 0 Å². The second-order valence-corrected chi connectivity index (χ2v) is 4.08. The Morgan fingerprint density at radius 2 is 1.92 bits per heavy atom. The lowest BCUT2D eigenvalue weighted by atomic mass is 10.1. The molecule has 0 saturated heterocycles. The van der Waals surface area contributed by atoms with Crippen LogP contribution in [0.3, 0.4) is 0 Å². The molecule has 0 saturated carbocycles. The summed E-state index contributed by atoms with van der Waals surface area (Å²) in [5.41, 5.74) is -0.194. The normalized spacial score (nSPS) is 13.9. The second-order valence-electron chi connectivity index (χ2n) is 4.08. The van der Waals surface area contributed by atoms with E-state index in [4.69, 9.17) is 9.47 Å². The van der Waals surface area contributed by atoms with E-state index in [9.17, 15) is 4.79 Å². The van der Waals surface area contributed by atoms with Crippen molar-refractivity contribution in [3.63, 3.8) is 0 Å². The van der Waals surface area contributed by atoms with Gasteiger partial charge in [0.05, 0.1) is 24.7 Å². The number of carbonyl (C=O) groups is 1. The van der Waals surface area contributed by atoms with Crippen molar-refractivity contribution in [3.05, 3.63) is 0 Å². The van der Waals surface area contributed by atoms with E-state index >= 15 is 0 Å². The molecule has 0 spiro atoms. The lowest BCUT2D eigenvalue weighted by Crippen LogP contribution is -2.27. The molecule has 0 aromatic rings. The predicted octanol–water partition coefficient (Wildman–Crippen LogP) is 2.00. The van der Waals surface area contributed by atoms with Crippen LogP contribution < -0.4 is 0 Å². The van der Waals surface area contributed by atoms with Gasteiger partial charge in [0.1, 0.15) is 0 Å². The van der Waals surface area contributed by atoms with Crippen molar-refractivity contribution in [1.82, 2.24) is 0 Å². The molecule has 0 bridgehead atoms. The predicted molar refractivity (Wildman–Crippen MR) is 51.5 cm³/mol. The van der Waals surface area contributed by atoms with Crippen LogP contribution in [-0.2, 0) is 14.3 Å². The first-order valence-electron chi connectivity index (χ1n) is 4.67. The van der Waals surface area contributed by atoms with Gasteiger partial charge in [-0.05, 0) is 34.6 Å². The average Bonchev–Trinajstić information content (AvgIpc) is 1.99. The Bertz CT molecular complexity index is 158. The Hall–Kier alpha value is -0.570. The zero-order valence-electron chi connectivity index (χ0n) is 9.22. The van der Waals surface area contributed by atoms with Gasteiger partial charge in [0, 0.05) is 0 Å². The van der Waals surface area contributed by atoms with Gasteiger partial charge in [-0.25, -0.2) is 0 Å². The minimum Gasteiger partial charge on any atom is -0.466 e. The van der Waals surface area contributed by atoms with Crippen LogP contribution in [0.25, 0.3) is 0 Å². The monoisotopic (exact) mass is 188 g/mol. The van der Waals surface area contributed by atoms with Crippen molar-refractivity contribution in [3.8, 4) is 0 Å². The summed E-state index contributed by atoms with van der Waals surface area (Å²) in [5.74, 6) is -0.370. The summed E-state index contributed by atoms with van der Waals surface area (Å²) in [4.78, 5) is 11.2. The minimum atomic E-state index is -0.194. The minimum absolute atomic E-state index is 0.181. The molecular weight excluding hydrogens is 168 g/mol. The third kappa shape index (κ3) is 6.58. The second kappa shape index (κ2) is 5.22. The highest BCUT2D eigenvalue weighted by Gasteiger charge is 2.18. The lowest BCUT2D eigenvalue weighted by molar-refractivity contribution is -0.151. The zero-order chi connectivity index (χ0) is 10.5. The fourth-order valence-corrected chi connectivity index (χ4v) is 0.728. The molecular formula is C10H20O3. The molecule has 1 unspecified atom stereocenters. The Balaban J connectivity index is 3.74. The van der Waals surface area contributed by atoms with Crippen molar-refractivity contribution < 1.29 is 14.3 Å². The van der Waals surface area contributed by atoms with E-state index in [2.05, 4.69) is 0 Å². The molecule has 0 radical (unpaired) electrons. The highest BCUT2D eigenvalue weighted by molar-refractivity contribution is 5.72. The summed E-state index contributed by atoms with van der Waals surface area (Å²) in [6, 6.07) is 0. The molecule has 0 rings (SSSR count). The summed E-state index contributed by atoms with van der Waals surface area (Å²) >= 11 is 0. The van der Waals surface area contributed by atoms with Crippen molar-refractivity contribution in [2.75, 3.05) is 13.2 Å². The summed E-state index contributed by atoms with van der Waals surface area (Å²) in [6.45, 7) is 10.3. The van der Waals surface area contributed by atoms with Gasteiger partial charge < -0.3 is 9.47 Å². The van der Waals surface area contributed by atoms with Crippen LogP contribution in [0.15, 0.2) is 0 Å². The fourth-order valence-electron chi connectivity index (χ4n) is 0.728. The quantitative estimate of drug-likeness (QED) is 0.633. The molecule has 13 heavy (non-hydrogen) atoms. The topological polar surface area (TPSA) is 35.5 Å². The number of carbonyl (C=O) groups excluding carboxylic acids is 1. The van der Waals surface area contributed by atoms with E-state index in [1.165, 1.54) is 0 Å². The molecule has 0 aliphatic carbocycles. The highest BCUT2D eigenvalue weighted by atomic mass is 16.5. The van der Waals surface area contributed by atoms with Crippen LogP contribution in [0, 0.1) is 5.92 Å². The van der Waals surface area contributed by atoms with Crippen LogP contribution in [0.5, 0.6) is 0 Å². The number of ether oxygens (including phenoxy) is 2. The van der Waals surface area contributed by atoms with Gasteiger partial charge in [-0.15, -0.1) is 0 Å². The summed E-state index contributed by atoms with van der Waals surface area (Å²) in [7, 11) is 0. The SMILES string of the molecule is CCOC(=O)C(C)COC(C)(C)C. The molecule has 3 nitrogen and oxygen atoms in total. The van der Waals surface area contributed by atoms with Crippen LogP contribution in [0.2, 0.25) is 0 Å². The number of hydrogen-bond acceptors (Lipinski definition) is 3. The first-order valence-corrected chi connectivity index (χ1v) is 4.67. The standard InChI is InChI=1S/C10H20O3/c1-6-12-9(11)8(2)7-13-10(3,4)5/h8H,6-7H2,1-5H3. The average molecular weight is 188 g/mol. The van der Waals surface area contributed by atoms with E-state index in [0.29, 0.717) is 13.2 Å². The number of esters is 1. The van der Waals surface area contributed by atoms with Gasteiger partial charge in [-0.1, -0.05) is 0 Å². The van der Waals surface area contributed by atoms with Crippen molar-refractivity contribution in [2.24, 2.45) is 5.92 Å². The van der Waals surface area contributed by atoms with E-state index in [1.807, 2.05) is 27.7 Å². The molecule has 1 atom stereocenters. The van der Waals surface area contributed by atoms with Crippen LogP contribution in [0.1, 0.15) is 34.6 Å². The third-order valence-electron chi connectivity index (χ3n) is 1.46. The van der Waals surface area contributed by atoms with Crippen molar-refractivity contribution in [1.29, 1.82) is 0 Å². The van der Waals surface area contributed by atoms with Crippen LogP contribution in [0.4, 0.5) is 0 Å². The molecule has 0 aliphatic heterocycles. The maximum absolute atomic E-state index is 11.2. The third-order valence-corrected chi connectivity index (χ3v) is 1.46.